The molecule has 0 saturated carbocycles. The van der Waals surface area contributed by atoms with Crippen LogP contribution in [0.4, 0.5) is 0 Å². The fraction of sp³-hybridized carbons (Fsp3) is 0.385. The molecule has 0 radical (unpaired) electrons. The predicted octanol–water partition coefficient (Wildman–Crippen LogP) is 3.29. The summed E-state index contributed by atoms with van der Waals surface area (Å²) in [5, 5.41) is 0. The van der Waals surface area contributed by atoms with E-state index in [2.05, 4.69) is 22.0 Å². The van der Waals surface area contributed by atoms with Crippen molar-refractivity contribution in [2.45, 2.75) is 26.3 Å². The highest BCUT2D eigenvalue weighted by Crippen LogP contribution is 2.24. The Labute approximate surface area is 106 Å². The molecule has 0 amide bonds. The van der Waals surface area contributed by atoms with Gasteiger partial charge in [0.2, 0.25) is 0 Å². The van der Waals surface area contributed by atoms with E-state index in [-0.39, 0.29) is 6.04 Å². The summed E-state index contributed by atoms with van der Waals surface area (Å²) in [6, 6.07) is 6.16. The van der Waals surface area contributed by atoms with Gasteiger partial charge in [-0.15, -0.1) is 0 Å². The van der Waals surface area contributed by atoms with Crippen molar-refractivity contribution >= 4 is 15.9 Å². The summed E-state index contributed by atoms with van der Waals surface area (Å²) in [6.07, 6.45) is 4.78. The maximum Gasteiger partial charge on any atom is 0.123 e. The first kappa shape index (κ1) is 13.3. The first-order chi connectivity index (χ1) is 7.63. The van der Waals surface area contributed by atoms with Gasteiger partial charge in [0.25, 0.3) is 0 Å². The zero-order valence-electron chi connectivity index (χ0n) is 9.74. The number of rotatable bonds is 5. The van der Waals surface area contributed by atoms with Crippen LogP contribution in [0.2, 0.25) is 0 Å². The van der Waals surface area contributed by atoms with Crippen LogP contribution in [0.15, 0.2) is 34.8 Å². The summed E-state index contributed by atoms with van der Waals surface area (Å²) >= 11 is 3.46. The van der Waals surface area contributed by atoms with E-state index in [0.29, 0.717) is 6.61 Å². The van der Waals surface area contributed by atoms with Crippen molar-refractivity contribution in [1.29, 1.82) is 0 Å². The summed E-state index contributed by atoms with van der Waals surface area (Å²) in [4.78, 5) is 0. The number of ether oxygens (including phenoxy) is 1. The van der Waals surface area contributed by atoms with Gasteiger partial charge in [-0.1, -0.05) is 28.1 Å². The third kappa shape index (κ3) is 4.37. The van der Waals surface area contributed by atoms with Gasteiger partial charge >= 0.3 is 0 Å². The highest BCUT2D eigenvalue weighted by molar-refractivity contribution is 9.10. The molecule has 0 heterocycles. The van der Waals surface area contributed by atoms with Gasteiger partial charge in [0.1, 0.15) is 12.4 Å². The Kier molecular flexibility index (Phi) is 5.56. The molecule has 0 aliphatic carbocycles. The van der Waals surface area contributed by atoms with E-state index in [1.807, 2.05) is 38.1 Å². The molecule has 2 N–H and O–H groups in total. The fourth-order valence-electron chi connectivity index (χ4n) is 1.43. The minimum Gasteiger partial charge on any atom is -0.489 e. The fourth-order valence-corrected chi connectivity index (χ4v) is 1.84. The minimum atomic E-state index is 0.137. The van der Waals surface area contributed by atoms with Gasteiger partial charge < -0.3 is 10.5 Å². The van der Waals surface area contributed by atoms with Crippen LogP contribution in [-0.4, -0.2) is 12.6 Å². The SMILES string of the molecule is C/C=C/COc1ccc(Br)cc1CC(C)N. The largest absolute Gasteiger partial charge is 0.489 e. The minimum absolute atomic E-state index is 0.137. The van der Waals surface area contributed by atoms with Crippen LogP contribution in [0, 0.1) is 0 Å². The maximum absolute atomic E-state index is 5.81. The maximum atomic E-state index is 5.81. The molecule has 1 atom stereocenters. The van der Waals surface area contributed by atoms with Gasteiger partial charge in [-0.3, -0.25) is 0 Å². The van der Waals surface area contributed by atoms with E-state index in [4.69, 9.17) is 10.5 Å². The van der Waals surface area contributed by atoms with Crippen molar-refractivity contribution in [2.24, 2.45) is 5.73 Å². The molecule has 16 heavy (non-hydrogen) atoms. The van der Waals surface area contributed by atoms with Crippen LogP contribution in [0.25, 0.3) is 0 Å². The van der Waals surface area contributed by atoms with Crippen molar-refractivity contribution in [2.75, 3.05) is 6.61 Å². The third-order valence-electron chi connectivity index (χ3n) is 2.14. The van der Waals surface area contributed by atoms with Crippen LogP contribution < -0.4 is 10.5 Å². The van der Waals surface area contributed by atoms with E-state index in [1.165, 1.54) is 0 Å². The van der Waals surface area contributed by atoms with Crippen LogP contribution >= 0.6 is 15.9 Å². The Bertz CT molecular complexity index is 361. The summed E-state index contributed by atoms with van der Waals surface area (Å²) in [5.74, 6) is 0.915. The summed E-state index contributed by atoms with van der Waals surface area (Å²) in [7, 11) is 0. The molecule has 1 aromatic carbocycles. The van der Waals surface area contributed by atoms with Crippen LogP contribution in [-0.2, 0) is 6.42 Å². The Morgan fingerprint density at radius 1 is 1.50 bits per heavy atom. The van der Waals surface area contributed by atoms with Crippen LogP contribution in [0.3, 0.4) is 0 Å². The molecular weight excluding hydrogens is 266 g/mol. The van der Waals surface area contributed by atoms with Gasteiger partial charge in [-0.25, -0.2) is 0 Å². The normalized spacial score (nSPS) is 13.0. The molecule has 88 valence electrons. The van der Waals surface area contributed by atoms with Gasteiger partial charge in [0.05, 0.1) is 0 Å². The van der Waals surface area contributed by atoms with Crippen molar-refractivity contribution in [3.05, 3.63) is 40.4 Å². The second-order valence-corrected chi connectivity index (χ2v) is 4.73. The average molecular weight is 284 g/mol. The van der Waals surface area contributed by atoms with Crippen LogP contribution in [0.1, 0.15) is 19.4 Å². The molecule has 0 fully saturated rings. The van der Waals surface area contributed by atoms with E-state index < -0.39 is 0 Å². The molecule has 0 aliphatic rings. The molecule has 1 aromatic rings. The Morgan fingerprint density at radius 3 is 2.88 bits per heavy atom. The van der Waals surface area contributed by atoms with Crippen molar-refractivity contribution < 1.29 is 4.74 Å². The number of benzene rings is 1. The van der Waals surface area contributed by atoms with Gasteiger partial charge in [-0.05, 0) is 44.0 Å². The lowest BCUT2D eigenvalue weighted by molar-refractivity contribution is 0.357. The number of hydrogen-bond acceptors (Lipinski definition) is 2. The van der Waals surface area contributed by atoms with Gasteiger partial charge in [0.15, 0.2) is 0 Å². The molecule has 2 nitrogen and oxygen atoms in total. The molecule has 0 bridgehead atoms. The van der Waals surface area contributed by atoms with Gasteiger partial charge in [0, 0.05) is 10.5 Å². The van der Waals surface area contributed by atoms with Crippen LogP contribution in [0.5, 0.6) is 5.75 Å². The first-order valence-electron chi connectivity index (χ1n) is 5.41. The monoisotopic (exact) mass is 283 g/mol. The standard InChI is InChI=1S/C13H18BrNO/c1-3-4-7-16-13-6-5-12(14)9-11(13)8-10(2)15/h3-6,9-10H,7-8,15H2,1-2H3/b4-3+. The number of hydrogen-bond donors (Lipinski definition) is 1. The third-order valence-corrected chi connectivity index (χ3v) is 2.63. The quantitative estimate of drug-likeness (QED) is 0.842. The topological polar surface area (TPSA) is 35.2 Å². The van der Waals surface area contributed by atoms with E-state index in [9.17, 15) is 0 Å². The number of allylic oxidation sites excluding steroid dienone is 1. The smallest absolute Gasteiger partial charge is 0.123 e. The second kappa shape index (κ2) is 6.71. The van der Waals surface area contributed by atoms with E-state index in [1.54, 1.807) is 0 Å². The second-order valence-electron chi connectivity index (χ2n) is 3.81. The molecule has 0 aromatic heterocycles. The Balaban J connectivity index is 2.80. The lowest BCUT2D eigenvalue weighted by Gasteiger charge is -2.12. The lowest BCUT2D eigenvalue weighted by atomic mass is 10.1. The highest BCUT2D eigenvalue weighted by Gasteiger charge is 2.06. The summed E-state index contributed by atoms with van der Waals surface area (Å²) in [6.45, 7) is 4.58. The number of halogens is 1. The zero-order chi connectivity index (χ0) is 12.0. The summed E-state index contributed by atoms with van der Waals surface area (Å²) < 4.78 is 6.73. The summed E-state index contributed by atoms with van der Waals surface area (Å²) in [5.41, 5.74) is 6.96. The molecule has 3 heteroatoms. The van der Waals surface area contributed by atoms with E-state index in [0.717, 1.165) is 22.2 Å². The number of nitrogens with two attached hydrogens (primary N) is 1. The zero-order valence-corrected chi connectivity index (χ0v) is 11.3. The van der Waals surface area contributed by atoms with Crippen molar-refractivity contribution in [3.8, 4) is 5.75 Å². The Hall–Kier alpha value is -0.800. The average Bonchev–Trinajstić information content (AvgIpc) is 2.20. The highest BCUT2D eigenvalue weighted by atomic mass is 79.9. The Morgan fingerprint density at radius 2 is 2.25 bits per heavy atom. The van der Waals surface area contributed by atoms with E-state index >= 15 is 0 Å². The molecular formula is C13H18BrNO. The molecule has 1 rings (SSSR count). The van der Waals surface area contributed by atoms with Gasteiger partial charge in [-0.2, -0.15) is 0 Å². The lowest BCUT2D eigenvalue weighted by Crippen LogP contribution is -2.18. The van der Waals surface area contributed by atoms with Crippen molar-refractivity contribution in [1.82, 2.24) is 0 Å². The molecule has 1 unspecified atom stereocenters. The molecule has 0 aliphatic heterocycles. The predicted molar refractivity (Wildman–Crippen MR) is 71.8 cm³/mol. The molecule has 0 spiro atoms. The first-order valence-corrected chi connectivity index (χ1v) is 6.20. The van der Waals surface area contributed by atoms with Crippen molar-refractivity contribution in [3.63, 3.8) is 0 Å². The molecule has 0 saturated heterocycles.